The zero-order chi connectivity index (χ0) is 89.4. The normalized spacial score (nSPS) is 13.5. The van der Waals surface area contributed by atoms with Crippen LogP contribution in [0, 0.1) is 0 Å². The third-order valence-electron chi connectivity index (χ3n) is 28.0. The van der Waals surface area contributed by atoms with E-state index in [1.54, 1.807) is 0 Å². The first kappa shape index (κ1) is 79.8. The molecule has 0 radical (unpaired) electrons. The quantitative estimate of drug-likeness (QED) is 0.132. The van der Waals surface area contributed by atoms with Gasteiger partial charge in [-0.05, 0) is 132 Å². The third kappa shape index (κ3) is 12.6. The minimum Gasteiger partial charge on any atom is -0.455 e. The van der Waals surface area contributed by atoms with Gasteiger partial charge in [-0.1, -0.05) is 361 Å². The van der Waals surface area contributed by atoms with Crippen LogP contribution < -0.4 is 31.5 Å². The maximum atomic E-state index is 6.53. The zero-order valence-electron chi connectivity index (χ0n) is 74.2. The van der Waals surface area contributed by atoms with Crippen molar-refractivity contribution in [2.75, 3.05) is 0 Å². The highest BCUT2D eigenvalue weighted by atomic mass is 32.1. The van der Waals surface area contributed by atoms with Crippen LogP contribution in [0.5, 0.6) is 0 Å². The minimum absolute atomic E-state index is 0.685. The van der Waals surface area contributed by atoms with Crippen LogP contribution in [0.2, 0.25) is 39.3 Å². The van der Waals surface area contributed by atoms with Gasteiger partial charge in [-0.3, -0.25) is 0 Å². The lowest BCUT2D eigenvalue weighted by molar-refractivity contribution is 0.669. The van der Waals surface area contributed by atoms with Crippen LogP contribution in [0.4, 0.5) is 0 Å². The summed E-state index contributed by atoms with van der Waals surface area (Å²) in [5.74, 6) is 2.33. The van der Waals surface area contributed by atoms with E-state index in [1.807, 2.05) is 64.3 Å². The fourth-order valence-electron chi connectivity index (χ4n) is 21.5. The Balaban J connectivity index is 0.000000106. The van der Waals surface area contributed by atoms with Gasteiger partial charge in [0.2, 0.25) is 0 Å². The Bertz CT molecular complexity index is 8890. The summed E-state index contributed by atoms with van der Waals surface area (Å²) in [6.07, 6.45) is 0. The van der Waals surface area contributed by atoms with E-state index in [0.717, 1.165) is 111 Å². The predicted molar refractivity (Wildman–Crippen MR) is 575 cm³/mol. The maximum absolute atomic E-state index is 6.53. The first-order chi connectivity index (χ1) is 65.7. The molecule has 8 aromatic heterocycles. The van der Waals surface area contributed by atoms with Crippen molar-refractivity contribution in [3.63, 3.8) is 0 Å². The molecule has 0 N–H and O–H groups in total. The number of thiophene rings is 3. The molecule has 634 valence electrons. The van der Waals surface area contributed by atoms with Gasteiger partial charge < -0.3 is 8.83 Å². The monoisotopic (exact) mass is 1820 g/mol. The first-order valence-corrected chi connectivity index (χ1v) is 57.1. The van der Waals surface area contributed by atoms with Crippen LogP contribution in [0.3, 0.4) is 0 Å². The summed E-state index contributed by atoms with van der Waals surface area (Å²) in [6.45, 7) is 14.5. The number of benzene rings is 17. The van der Waals surface area contributed by atoms with Crippen LogP contribution in [0.25, 0.3) is 239 Å². The van der Waals surface area contributed by atoms with Gasteiger partial charge in [0.25, 0.3) is 0 Å². The lowest BCUT2D eigenvalue weighted by atomic mass is 9.94. The van der Waals surface area contributed by atoms with Gasteiger partial charge in [-0.25, -0.2) is 29.9 Å². The van der Waals surface area contributed by atoms with E-state index in [4.69, 9.17) is 38.7 Å². The standard InChI is InChI=1S/C48H34N2SSi.C36H24N2O2Si.C36H24N2S2Si/c1-52(2)43-24-9-7-20-39(43)45-46(49-47(50-48(45)52)40-21-12-23-42-44(40)38-19-6-8-22-41(38)51-42)37-18-11-17-36(30-37)35-16-10-15-34(29-35)33-27-25-32(26-28-33)31-13-4-3-5-14-31;2*1-41(2)30-20-8-5-13-25(30)31-32(26-16-9-14-23-21-11-3-6-18-28(21)39-33(23)26)37-35(38-36(31)41)27-17-10-15-24-22-12-4-7-19-29(22)40-34(24)27/h3-30H,1-2H3;2*3-20H,1-2H3. The Labute approximate surface area is 788 Å². The highest BCUT2D eigenvalue weighted by molar-refractivity contribution is 7.27. The van der Waals surface area contributed by atoms with Gasteiger partial charge in [0, 0.05) is 143 Å². The lowest BCUT2D eigenvalue weighted by Gasteiger charge is -2.19. The average Bonchev–Trinajstić information content (AvgIpc) is 1.56. The lowest BCUT2D eigenvalue weighted by Crippen LogP contribution is -2.50. The van der Waals surface area contributed by atoms with Crippen molar-refractivity contribution in [3.05, 3.63) is 388 Å². The molecule has 0 spiro atoms. The summed E-state index contributed by atoms with van der Waals surface area (Å²) in [7, 11) is -6.29. The number of fused-ring (bicyclic) bond motifs is 24. The Morgan fingerprint density at radius 2 is 0.530 bits per heavy atom. The summed E-state index contributed by atoms with van der Waals surface area (Å²) in [4.78, 5) is 32.8. The molecule has 134 heavy (non-hydrogen) atoms. The number of aromatic nitrogens is 6. The minimum atomic E-state index is -2.12. The number of hydrogen-bond donors (Lipinski definition) is 0. The summed E-state index contributed by atoms with van der Waals surface area (Å²) in [5.41, 5.74) is 27.4. The van der Waals surface area contributed by atoms with Crippen molar-refractivity contribution in [1.82, 2.24) is 29.9 Å². The number of para-hydroxylation sites is 4. The molecule has 8 nitrogen and oxygen atoms in total. The van der Waals surface area contributed by atoms with E-state index in [-0.39, 0.29) is 0 Å². The topological polar surface area (TPSA) is 104 Å². The fourth-order valence-corrected chi connectivity index (χ4v) is 33.8. The Hall–Kier alpha value is -15.1. The molecule has 3 aliphatic heterocycles. The fraction of sp³-hybridized carbons (Fsp3) is 0.0500. The van der Waals surface area contributed by atoms with Gasteiger partial charge in [-0.2, -0.15) is 0 Å². The van der Waals surface area contributed by atoms with Crippen molar-refractivity contribution in [1.29, 1.82) is 0 Å². The highest BCUT2D eigenvalue weighted by Crippen LogP contribution is 2.50. The largest absolute Gasteiger partial charge is 0.455 e. The van der Waals surface area contributed by atoms with Crippen molar-refractivity contribution in [3.8, 4) is 135 Å². The summed E-state index contributed by atoms with van der Waals surface area (Å²) in [6, 6.07) is 139. The molecule has 0 saturated carbocycles. The van der Waals surface area contributed by atoms with E-state index in [9.17, 15) is 0 Å². The molecule has 0 saturated heterocycles. The number of furan rings is 2. The first-order valence-electron chi connectivity index (χ1n) is 45.7. The zero-order valence-corrected chi connectivity index (χ0v) is 79.6. The molecule has 14 heteroatoms. The second-order valence-electron chi connectivity index (χ2n) is 36.9. The number of nitrogens with zero attached hydrogens (tertiary/aromatic N) is 6. The molecule has 0 fully saturated rings. The van der Waals surface area contributed by atoms with Crippen LogP contribution >= 0.6 is 34.0 Å². The molecule has 17 aromatic carbocycles. The Morgan fingerprint density at radius 3 is 1.08 bits per heavy atom. The second kappa shape index (κ2) is 31.0. The summed E-state index contributed by atoms with van der Waals surface area (Å²) < 4.78 is 20.7. The van der Waals surface area contributed by atoms with E-state index >= 15 is 0 Å². The van der Waals surface area contributed by atoms with Crippen molar-refractivity contribution < 1.29 is 8.83 Å². The summed E-state index contributed by atoms with van der Waals surface area (Å²) >= 11 is 5.55. The molecular weight excluding hydrogens is 1740 g/mol. The van der Waals surface area contributed by atoms with E-state index in [0.29, 0.717) is 5.82 Å². The maximum Gasteiger partial charge on any atom is 0.163 e. The van der Waals surface area contributed by atoms with Crippen molar-refractivity contribution in [2.45, 2.75) is 39.3 Å². The molecule has 0 atom stereocenters. The molecule has 0 amide bonds. The van der Waals surface area contributed by atoms with Crippen LogP contribution in [-0.2, 0) is 0 Å². The van der Waals surface area contributed by atoms with Crippen LogP contribution in [0.1, 0.15) is 0 Å². The van der Waals surface area contributed by atoms with E-state index < -0.39 is 24.2 Å². The highest BCUT2D eigenvalue weighted by Gasteiger charge is 2.45. The average molecular weight is 1820 g/mol. The van der Waals surface area contributed by atoms with Crippen LogP contribution in [-0.4, -0.2) is 54.1 Å². The van der Waals surface area contributed by atoms with Crippen molar-refractivity contribution >= 4 is 194 Å². The molecule has 11 heterocycles. The van der Waals surface area contributed by atoms with E-state index in [2.05, 4.69) is 397 Å². The smallest absolute Gasteiger partial charge is 0.163 e. The van der Waals surface area contributed by atoms with Gasteiger partial charge >= 0.3 is 0 Å². The van der Waals surface area contributed by atoms with Gasteiger partial charge in [0.05, 0.1) is 22.6 Å². The molecule has 28 rings (SSSR count). The number of hydrogen-bond acceptors (Lipinski definition) is 11. The summed E-state index contributed by atoms with van der Waals surface area (Å²) in [5, 5.41) is 19.9. The van der Waals surface area contributed by atoms with Gasteiger partial charge in [-0.15, -0.1) is 34.0 Å². The van der Waals surface area contributed by atoms with Gasteiger partial charge in [0.15, 0.2) is 17.5 Å². The van der Waals surface area contributed by atoms with Crippen LogP contribution in [0.15, 0.2) is 397 Å². The Morgan fingerprint density at radius 1 is 0.209 bits per heavy atom. The van der Waals surface area contributed by atoms with Gasteiger partial charge in [0.1, 0.15) is 46.6 Å². The molecular formula is C120H82N6O2S3Si3. The molecule has 3 aliphatic rings. The second-order valence-corrected chi connectivity index (χ2v) is 52.8. The number of rotatable bonds is 9. The molecule has 0 unspecified atom stereocenters. The van der Waals surface area contributed by atoms with Crippen molar-refractivity contribution in [2.24, 2.45) is 0 Å². The predicted octanol–water partition coefficient (Wildman–Crippen LogP) is 29.7. The Kier molecular flexibility index (Phi) is 18.5. The molecule has 0 aliphatic carbocycles. The van der Waals surface area contributed by atoms with E-state index in [1.165, 1.54) is 153 Å². The molecule has 0 bridgehead atoms. The SMILES string of the molecule is C[Si]1(C)c2ccccc2-c2c(-c3cccc(-c4cccc(-c5ccc(-c6ccccc6)cc5)c4)c3)nc(-c3cccc4sc5ccccc5c34)nc21.C[Si]1(C)c2ccccc2-c2c(-c3cccc4c3oc3ccccc34)nc(-c3cccc4c3oc3ccccc34)nc21.C[Si]1(C)c2ccccc2-c2c(-c3cccc4c3sc3ccccc34)nc(-c3cccc4c3sc3ccccc34)nc21. The third-order valence-corrected chi connectivity index (χ3v) is 41.6. The molecule has 25 aromatic rings.